The van der Waals surface area contributed by atoms with Crippen LogP contribution in [-0.2, 0) is 29.4 Å². The molecule has 1 unspecified atom stereocenters. The zero-order chi connectivity index (χ0) is 29.0. The van der Waals surface area contributed by atoms with Crippen molar-refractivity contribution in [3.63, 3.8) is 0 Å². The topological polar surface area (TPSA) is 133 Å². The molecular formula is C30H37N5O4S. The SMILES string of the molecule is CCCc1nc(CC)c(C(N)=O)n1Cc1ccc(-c2ccccc2C(CC)S(=O)(=O)Nc2noc(C)c2C)cc1. The minimum Gasteiger partial charge on any atom is -0.364 e. The summed E-state index contributed by atoms with van der Waals surface area (Å²) >= 11 is 0. The quantitative estimate of drug-likeness (QED) is 0.227. The Labute approximate surface area is 235 Å². The fourth-order valence-corrected chi connectivity index (χ4v) is 6.58. The highest BCUT2D eigenvalue weighted by molar-refractivity contribution is 7.92. The molecule has 9 nitrogen and oxygen atoms in total. The van der Waals surface area contributed by atoms with Gasteiger partial charge in [-0.15, -0.1) is 0 Å². The maximum absolute atomic E-state index is 13.5. The lowest BCUT2D eigenvalue weighted by atomic mass is 9.96. The highest BCUT2D eigenvalue weighted by Gasteiger charge is 2.29. The number of aromatic nitrogens is 3. The molecule has 3 N–H and O–H groups in total. The Morgan fingerprint density at radius 1 is 1.07 bits per heavy atom. The Hall–Kier alpha value is -3.92. The molecule has 0 fully saturated rings. The van der Waals surface area contributed by atoms with Gasteiger partial charge in [-0.3, -0.25) is 9.52 Å². The molecule has 0 aliphatic carbocycles. The number of rotatable bonds is 12. The number of nitrogens with zero attached hydrogens (tertiary/aromatic N) is 3. The van der Waals surface area contributed by atoms with Crippen molar-refractivity contribution in [3.8, 4) is 11.1 Å². The molecule has 0 radical (unpaired) electrons. The molecular weight excluding hydrogens is 526 g/mol. The number of hydrogen-bond acceptors (Lipinski definition) is 6. The first kappa shape index (κ1) is 29.1. The number of hydrogen-bond donors (Lipinski definition) is 2. The third kappa shape index (κ3) is 5.82. The molecule has 2 heterocycles. The minimum atomic E-state index is -3.82. The molecule has 2 aromatic heterocycles. The van der Waals surface area contributed by atoms with E-state index in [1.54, 1.807) is 13.8 Å². The van der Waals surface area contributed by atoms with Gasteiger partial charge in [-0.05, 0) is 55.4 Å². The van der Waals surface area contributed by atoms with E-state index in [0.717, 1.165) is 41.1 Å². The number of nitrogens with one attached hydrogen (secondary N) is 1. The molecule has 4 rings (SSSR count). The number of amides is 1. The van der Waals surface area contributed by atoms with Gasteiger partial charge in [-0.2, -0.15) is 0 Å². The van der Waals surface area contributed by atoms with Crippen molar-refractivity contribution in [2.24, 2.45) is 5.73 Å². The van der Waals surface area contributed by atoms with E-state index in [0.29, 0.717) is 42.0 Å². The highest BCUT2D eigenvalue weighted by atomic mass is 32.2. The lowest BCUT2D eigenvalue weighted by Crippen LogP contribution is -2.22. The van der Waals surface area contributed by atoms with Crippen LogP contribution >= 0.6 is 0 Å². The summed E-state index contributed by atoms with van der Waals surface area (Å²) in [6.07, 6.45) is 2.65. The minimum absolute atomic E-state index is 0.210. The molecule has 4 aromatic rings. The van der Waals surface area contributed by atoms with Crippen LogP contribution in [-0.4, -0.2) is 29.0 Å². The van der Waals surface area contributed by atoms with Crippen LogP contribution in [0.4, 0.5) is 5.82 Å². The fourth-order valence-electron chi connectivity index (χ4n) is 5.00. The highest BCUT2D eigenvalue weighted by Crippen LogP contribution is 2.36. The van der Waals surface area contributed by atoms with Crippen molar-refractivity contribution in [2.45, 2.75) is 72.1 Å². The summed E-state index contributed by atoms with van der Waals surface area (Å²) in [5, 5.41) is 3.08. The summed E-state index contributed by atoms with van der Waals surface area (Å²) in [6.45, 7) is 9.87. The molecule has 0 aliphatic heterocycles. The number of carbonyl (C=O) groups is 1. The number of carbonyl (C=O) groups excluding carboxylic acids is 1. The number of primary amides is 1. The first-order valence-electron chi connectivity index (χ1n) is 13.6. The van der Waals surface area contributed by atoms with Crippen LogP contribution in [0.5, 0.6) is 0 Å². The Bertz CT molecular complexity index is 1600. The number of imidazole rings is 1. The van der Waals surface area contributed by atoms with E-state index in [1.165, 1.54) is 0 Å². The Balaban J connectivity index is 1.66. The Kier molecular flexibility index (Phi) is 8.78. The van der Waals surface area contributed by atoms with Gasteiger partial charge in [0.25, 0.3) is 5.91 Å². The van der Waals surface area contributed by atoms with E-state index in [2.05, 4.69) is 21.8 Å². The van der Waals surface area contributed by atoms with Crippen LogP contribution in [0.15, 0.2) is 53.1 Å². The molecule has 10 heteroatoms. The summed E-state index contributed by atoms with van der Waals surface area (Å²) in [5.41, 5.74) is 11.0. The molecule has 1 amide bonds. The van der Waals surface area contributed by atoms with E-state index in [-0.39, 0.29) is 5.82 Å². The fraction of sp³-hybridized carbons (Fsp3) is 0.367. The summed E-state index contributed by atoms with van der Waals surface area (Å²) in [5.74, 6) is 1.15. The number of sulfonamides is 1. The van der Waals surface area contributed by atoms with Gasteiger partial charge in [0.2, 0.25) is 10.0 Å². The van der Waals surface area contributed by atoms with Crippen LogP contribution in [0.25, 0.3) is 11.1 Å². The Morgan fingerprint density at radius 3 is 2.35 bits per heavy atom. The van der Waals surface area contributed by atoms with Crippen molar-refractivity contribution < 1.29 is 17.7 Å². The number of benzene rings is 2. The van der Waals surface area contributed by atoms with Gasteiger partial charge in [0, 0.05) is 18.5 Å². The summed E-state index contributed by atoms with van der Waals surface area (Å²) < 4.78 is 36.7. The van der Waals surface area contributed by atoms with E-state index in [9.17, 15) is 13.2 Å². The monoisotopic (exact) mass is 563 g/mol. The van der Waals surface area contributed by atoms with Gasteiger partial charge >= 0.3 is 0 Å². The first-order valence-corrected chi connectivity index (χ1v) is 15.2. The van der Waals surface area contributed by atoms with Crippen LogP contribution in [0, 0.1) is 13.8 Å². The normalized spacial score (nSPS) is 12.4. The maximum Gasteiger partial charge on any atom is 0.267 e. The molecule has 0 saturated carbocycles. The van der Waals surface area contributed by atoms with Gasteiger partial charge < -0.3 is 14.8 Å². The molecule has 212 valence electrons. The summed E-state index contributed by atoms with van der Waals surface area (Å²) in [6, 6.07) is 15.5. The molecule has 0 saturated heterocycles. The van der Waals surface area contributed by atoms with Gasteiger partial charge in [0.05, 0.1) is 5.69 Å². The standard InChI is InChI=1S/C30H37N5O4S/c1-6-11-27-32-25(7-2)28(29(31)36)35(27)18-21-14-16-22(17-15-21)23-12-9-10-13-24(23)26(8-3)40(37,38)34-30-19(4)20(5)39-33-30/h9-10,12-17,26H,6-8,11,18H2,1-5H3,(H2,31,36)(H,33,34). The first-order chi connectivity index (χ1) is 19.1. The third-order valence-corrected chi connectivity index (χ3v) is 9.03. The molecule has 2 aromatic carbocycles. The van der Waals surface area contributed by atoms with Gasteiger partial charge in [-0.1, -0.05) is 74.5 Å². The maximum atomic E-state index is 13.5. The van der Waals surface area contributed by atoms with E-state index in [4.69, 9.17) is 10.3 Å². The lowest BCUT2D eigenvalue weighted by Gasteiger charge is -2.20. The van der Waals surface area contributed by atoms with E-state index >= 15 is 0 Å². The van der Waals surface area contributed by atoms with Crippen molar-refractivity contribution >= 4 is 21.7 Å². The lowest BCUT2D eigenvalue weighted by molar-refractivity contribution is 0.0990. The average molecular weight is 564 g/mol. The van der Waals surface area contributed by atoms with Crippen LogP contribution in [0.3, 0.4) is 0 Å². The molecule has 0 spiro atoms. The van der Waals surface area contributed by atoms with Crippen LogP contribution < -0.4 is 10.5 Å². The predicted octanol–water partition coefficient (Wildman–Crippen LogP) is 5.71. The molecule has 1 atom stereocenters. The van der Waals surface area contributed by atoms with Crippen LogP contribution in [0.1, 0.15) is 83.3 Å². The predicted molar refractivity (Wildman–Crippen MR) is 157 cm³/mol. The second kappa shape index (κ2) is 12.1. The van der Waals surface area contributed by atoms with Crippen molar-refractivity contribution in [3.05, 3.63) is 88.2 Å². The average Bonchev–Trinajstić information content (AvgIpc) is 3.44. The second-order valence-electron chi connectivity index (χ2n) is 9.92. The number of aryl methyl sites for hydroxylation is 3. The molecule has 0 aliphatic rings. The molecule has 40 heavy (non-hydrogen) atoms. The number of anilines is 1. The van der Waals surface area contributed by atoms with Crippen molar-refractivity contribution in [1.29, 1.82) is 0 Å². The summed E-state index contributed by atoms with van der Waals surface area (Å²) in [4.78, 5) is 17.0. The zero-order valence-corrected chi connectivity index (χ0v) is 24.5. The van der Waals surface area contributed by atoms with Crippen molar-refractivity contribution in [2.75, 3.05) is 4.72 Å². The van der Waals surface area contributed by atoms with Gasteiger partial charge in [0.15, 0.2) is 5.82 Å². The van der Waals surface area contributed by atoms with Crippen LogP contribution in [0.2, 0.25) is 0 Å². The zero-order valence-electron chi connectivity index (χ0n) is 23.7. The largest absolute Gasteiger partial charge is 0.364 e. The van der Waals surface area contributed by atoms with E-state index < -0.39 is 21.2 Å². The smallest absolute Gasteiger partial charge is 0.267 e. The van der Waals surface area contributed by atoms with Gasteiger partial charge in [-0.25, -0.2) is 13.4 Å². The second-order valence-corrected chi connectivity index (χ2v) is 11.8. The third-order valence-electron chi connectivity index (χ3n) is 7.22. The summed E-state index contributed by atoms with van der Waals surface area (Å²) in [7, 11) is -3.82. The van der Waals surface area contributed by atoms with Gasteiger partial charge in [0.1, 0.15) is 22.5 Å². The molecule has 0 bridgehead atoms. The Morgan fingerprint density at radius 2 is 1.77 bits per heavy atom. The van der Waals surface area contributed by atoms with Crippen molar-refractivity contribution in [1.82, 2.24) is 14.7 Å². The van der Waals surface area contributed by atoms with E-state index in [1.807, 2.05) is 66.9 Å². The number of nitrogens with two attached hydrogens (primary N) is 1.